The van der Waals surface area contributed by atoms with Gasteiger partial charge < -0.3 is 15.2 Å². The monoisotopic (exact) mass is 295 g/mol. The molecule has 0 aromatic carbocycles. The predicted octanol–water partition coefficient (Wildman–Crippen LogP) is 3.20. The first-order valence-electron chi connectivity index (χ1n) is 7.13. The van der Waals surface area contributed by atoms with Gasteiger partial charge in [-0.3, -0.25) is 0 Å². The molecule has 0 radical (unpaired) electrons. The molecular formula is C15H22ClN3O. The van der Waals surface area contributed by atoms with Crippen molar-refractivity contribution < 1.29 is 9.53 Å². The number of hydrogen-bond acceptors (Lipinski definition) is 2. The SMILES string of the molecule is COC1=C(N(C)C2CCC(C)CC2)C=CC(=[N+]=[N-])C1Cl. The second-order valence-electron chi connectivity index (χ2n) is 5.70. The van der Waals surface area contributed by atoms with Crippen molar-refractivity contribution in [2.75, 3.05) is 14.2 Å². The van der Waals surface area contributed by atoms with Crippen molar-refractivity contribution in [3.63, 3.8) is 0 Å². The molecule has 1 saturated carbocycles. The van der Waals surface area contributed by atoms with Gasteiger partial charge in [0.25, 0.3) is 0 Å². The molecule has 1 fully saturated rings. The van der Waals surface area contributed by atoms with Gasteiger partial charge in [-0.05, 0) is 37.7 Å². The summed E-state index contributed by atoms with van der Waals surface area (Å²) >= 11 is 6.30. The summed E-state index contributed by atoms with van der Waals surface area (Å²) in [6.07, 6.45) is 8.59. The normalized spacial score (nSPS) is 30.2. The lowest BCUT2D eigenvalue weighted by Crippen LogP contribution is -2.37. The lowest BCUT2D eigenvalue weighted by Gasteiger charge is -2.37. The highest BCUT2D eigenvalue weighted by atomic mass is 35.5. The first-order valence-corrected chi connectivity index (χ1v) is 7.57. The maximum absolute atomic E-state index is 8.94. The number of alkyl halides is 1. The van der Waals surface area contributed by atoms with Crippen LogP contribution in [0.3, 0.4) is 0 Å². The van der Waals surface area contributed by atoms with Crippen LogP contribution >= 0.6 is 11.6 Å². The minimum atomic E-state index is -0.532. The highest BCUT2D eigenvalue weighted by molar-refractivity contribution is 6.35. The molecule has 20 heavy (non-hydrogen) atoms. The van der Waals surface area contributed by atoms with Crippen LogP contribution in [0.4, 0.5) is 0 Å². The van der Waals surface area contributed by atoms with Crippen molar-refractivity contribution in [1.29, 1.82) is 0 Å². The van der Waals surface area contributed by atoms with Crippen LogP contribution in [0.15, 0.2) is 23.6 Å². The zero-order valence-corrected chi connectivity index (χ0v) is 13.1. The van der Waals surface area contributed by atoms with Crippen LogP contribution in [-0.2, 0) is 4.74 Å². The molecule has 0 aliphatic heterocycles. The third-order valence-electron chi connectivity index (χ3n) is 4.40. The van der Waals surface area contributed by atoms with Gasteiger partial charge in [0.1, 0.15) is 5.76 Å². The molecule has 0 aromatic rings. The van der Waals surface area contributed by atoms with E-state index in [1.165, 1.54) is 25.7 Å². The van der Waals surface area contributed by atoms with Gasteiger partial charge in [0.05, 0.1) is 12.8 Å². The van der Waals surface area contributed by atoms with E-state index >= 15 is 0 Å². The average Bonchev–Trinajstić information content (AvgIpc) is 2.47. The average molecular weight is 296 g/mol. The smallest absolute Gasteiger partial charge is 0.317 e. The Morgan fingerprint density at radius 1 is 1.30 bits per heavy atom. The molecule has 1 unspecified atom stereocenters. The molecular weight excluding hydrogens is 274 g/mol. The Morgan fingerprint density at radius 2 is 1.95 bits per heavy atom. The van der Waals surface area contributed by atoms with E-state index in [1.54, 1.807) is 13.2 Å². The van der Waals surface area contributed by atoms with Crippen molar-refractivity contribution >= 4 is 17.3 Å². The Morgan fingerprint density at radius 3 is 2.50 bits per heavy atom. The molecule has 2 aliphatic carbocycles. The standard InChI is InChI=1S/C15H22ClN3O/c1-10-4-6-11(7-5-10)19(2)13-9-8-12(18-17)14(16)15(13)20-3/h8-11,14H,4-7H2,1-3H3. The van der Waals surface area contributed by atoms with Gasteiger partial charge in [-0.25, -0.2) is 0 Å². The number of allylic oxidation sites excluding steroid dienone is 3. The second kappa shape index (κ2) is 6.47. The molecule has 4 nitrogen and oxygen atoms in total. The van der Waals surface area contributed by atoms with Gasteiger partial charge in [0, 0.05) is 19.2 Å². The van der Waals surface area contributed by atoms with E-state index in [0.717, 1.165) is 11.6 Å². The summed E-state index contributed by atoms with van der Waals surface area (Å²) in [6, 6.07) is 0.521. The predicted molar refractivity (Wildman–Crippen MR) is 80.6 cm³/mol. The number of nitrogens with zero attached hydrogens (tertiary/aromatic N) is 3. The highest BCUT2D eigenvalue weighted by Crippen LogP contribution is 2.31. The highest BCUT2D eigenvalue weighted by Gasteiger charge is 2.33. The van der Waals surface area contributed by atoms with Crippen molar-refractivity contribution in [3.8, 4) is 0 Å². The van der Waals surface area contributed by atoms with Gasteiger partial charge in [-0.15, -0.1) is 11.6 Å². The van der Waals surface area contributed by atoms with E-state index in [0.29, 0.717) is 17.5 Å². The topological polar surface area (TPSA) is 48.9 Å². The van der Waals surface area contributed by atoms with E-state index < -0.39 is 5.38 Å². The molecule has 0 amide bonds. The van der Waals surface area contributed by atoms with Gasteiger partial charge in [-0.2, -0.15) is 4.79 Å². The Kier molecular flexibility index (Phi) is 4.90. The van der Waals surface area contributed by atoms with Gasteiger partial charge in [-0.1, -0.05) is 6.92 Å². The molecule has 0 N–H and O–H groups in total. The van der Waals surface area contributed by atoms with E-state index in [1.807, 2.05) is 6.08 Å². The Balaban J connectivity index is 2.21. The molecule has 0 heterocycles. The van der Waals surface area contributed by atoms with Crippen LogP contribution in [0.25, 0.3) is 5.53 Å². The quantitative estimate of drug-likeness (QED) is 0.456. The number of ether oxygens (including phenoxy) is 1. The Hall–Kier alpha value is -1.25. The summed E-state index contributed by atoms with van der Waals surface area (Å²) in [6.45, 7) is 2.31. The van der Waals surface area contributed by atoms with E-state index in [4.69, 9.17) is 21.9 Å². The van der Waals surface area contributed by atoms with E-state index in [-0.39, 0.29) is 0 Å². The van der Waals surface area contributed by atoms with Crippen molar-refractivity contribution in [2.24, 2.45) is 5.92 Å². The number of rotatable bonds is 3. The largest absolute Gasteiger partial charge is 0.497 e. The van der Waals surface area contributed by atoms with Gasteiger partial charge in [0.2, 0.25) is 0 Å². The van der Waals surface area contributed by atoms with E-state index in [2.05, 4.69) is 23.7 Å². The first kappa shape index (κ1) is 15.1. The summed E-state index contributed by atoms with van der Waals surface area (Å²) in [5, 5.41) is -0.532. The zero-order valence-electron chi connectivity index (χ0n) is 12.3. The maximum atomic E-state index is 8.94. The number of halogens is 1. The Labute approximate surface area is 125 Å². The lowest BCUT2D eigenvalue weighted by molar-refractivity contribution is -0.00650. The minimum absolute atomic E-state index is 0.415. The van der Waals surface area contributed by atoms with Crippen LogP contribution in [0, 0.1) is 5.92 Å². The lowest BCUT2D eigenvalue weighted by atomic mass is 9.86. The molecule has 1 atom stereocenters. The summed E-state index contributed by atoms with van der Waals surface area (Å²) in [4.78, 5) is 5.46. The molecule has 0 bridgehead atoms. The molecule has 5 heteroatoms. The Bertz CT molecular complexity index is 472. The van der Waals surface area contributed by atoms with E-state index in [9.17, 15) is 0 Å². The fraction of sp³-hybridized carbons (Fsp3) is 0.667. The summed E-state index contributed by atoms with van der Waals surface area (Å²) in [5.41, 5.74) is 10.3. The number of hydrogen-bond donors (Lipinski definition) is 0. The summed E-state index contributed by atoms with van der Waals surface area (Å²) < 4.78 is 5.44. The number of likely N-dealkylation sites (N-methyl/N-ethyl adjacent to an activating group) is 1. The molecule has 2 rings (SSSR count). The number of methoxy groups -OCH3 is 1. The van der Waals surface area contributed by atoms with Crippen molar-refractivity contribution in [3.05, 3.63) is 29.1 Å². The molecule has 110 valence electrons. The second-order valence-corrected chi connectivity index (χ2v) is 6.14. The zero-order chi connectivity index (χ0) is 14.7. The fourth-order valence-corrected chi connectivity index (χ4v) is 3.32. The first-order chi connectivity index (χ1) is 9.58. The fourth-order valence-electron chi connectivity index (χ4n) is 3.01. The third kappa shape index (κ3) is 2.92. The van der Waals surface area contributed by atoms with Crippen LogP contribution in [0.1, 0.15) is 32.6 Å². The van der Waals surface area contributed by atoms with Crippen molar-refractivity contribution in [1.82, 2.24) is 4.90 Å². The summed E-state index contributed by atoms with van der Waals surface area (Å²) in [7, 11) is 3.69. The minimum Gasteiger partial charge on any atom is -0.497 e. The molecule has 0 aromatic heterocycles. The van der Waals surface area contributed by atoms with Crippen molar-refractivity contribution in [2.45, 2.75) is 44.0 Å². The van der Waals surface area contributed by atoms with Gasteiger partial charge in [0.15, 0.2) is 5.38 Å². The van der Waals surface area contributed by atoms with Crippen LogP contribution in [-0.4, -0.2) is 41.0 Å². The summed E-state index contributed by atoms with van der Waals surface area (Å²) in [5.74, 6) is 1.48. The molecule has 2 aliphatic rings. The van der Waals surface area contributed by atoms with Gasteiger partial charge >= 0.3 is 5.71 Å². The molecule has 0 saturated heterocycles. The van der Waals surface area contributed by atoms with Crippen LogP contribution < -0.4 is 0 Å². The van der Waals surface area contributed by atoms with Crippen LogP contribution in [0.5, 0.6) is 0 Å². The third-order valence-corrected chi connectivity index (χ3v) is 4.82. The molecule has 0 spiro atoms. The maximum Gasteiger partial charge on any atom is 0.317 e. The van der Waals surface area contributed by atoms with Crippen LogP contribution in [0.2, 0.25) is 0 Å².